The third kappa shape index (κ3) is 4.77. The molecule has 2 atom stereocenters. The number of hydrogen-bond donors (Lipinski definition) is 2. The first-order valence-electron chi connectivity index (χ1n) is 5.39. The molecule has 94 valence electrons. The molecule has 2 unspecified atom stereocenters. The van der Waals surface area contributed by atoms with E-state index in [-0.39, 0.29) is 17.9 Å². The maximum Gasteiger partial charge on any atom is 0.217 e. The lowest BCUT2D eigenvalue weighted by Crippen LogP contribution is -2.19. The molecule has 0 bridgehead atoms. The molecule has 0 radical (unpaired) electrons. The van der Waals surface area contributed by atoms with Crippen molar-refractivity contribution in [2.75, 3.05) is 0 Å². The molecule has 0 saturated carbocycles. The third-order valence-electron chi connectivity index (χ3n) is 2.56. The van der Waals surface area contributed by atoms with Crippen molar-refractivity contribution >= 4 is 37.8 Å². The van der Waals surface area contributed by atoms with E-state index in [0.29, 0.717) is 6.42 Å². The molecule has 0 fully saturated rings. The normalized spacial score (nSPS) is 14.4. The summed E-state index contributed by atoms with van der Waals surface area (Å²) in [5, 5.41) is 0. The lowest BCUT2D eigenvalue weighted by atomic mass is 9.94. The number of hydrogen-bond acceptors (Lipinski definition) is 2. The maximum atomic E-state index is 10.8. The van der Waals surface area contributed by atoms with Crippen LogP contribution in [0, 0.1) is 5.92 Å². The van der Waals surface area contributed by atoms with Crippen LogP contribution in [-0.2, 0) is 4.79 Å². The Morgan fingerprint density at radius 3 is 2.65 bits per heavy atom. The Morgan fingerprint density at radius 1 is 1.41 bits per heavy atom. The van der Waals surface area contributed by atoms with Crippen molar-refractivity contribution in [3.63, 3.8) is 0 Å². The monoisotopic (exact) mass is 362 g/mol. The molecule has 0 aliphatic heterocycles. The molecule has 3 nitrogen and oxygen atoms in total. The molecule has 0 spiro atoms. The van der Waals surface area contributed by atoms with Crippen LogP contribution in [0.2, 0.25) is 0 Å². The number of carbonyl (C=O) groups excluding carboxylic acids is 1. The van der Waals surface area contributed by atoms with Crippen LogP contribution in [0.3, 0.4) is 0 Å². The van der Waals surface area contributed by atoms with Gasteiger partial charge in [0, 0.05) is 21.4 Å². The molecule has 1 aromatic rings. The van der Waals surface area contributed by atoms with Gasteiger partial charge in [-0.2, -0.15) is 0 Å². The summed E-state index contributed by atoms with van der Waals surface area (Å²) < 4.78 is 1.98. The van der Waals surface area contributed by atoms with Gasteiger partial charge < -0.3 is 11.5 Å². The van der Waals surface area contributed by atoms with Gasteiger partial charge in [-0.1, -0.05) is 38.8 Å². The summed E-state index contributed by atoms with van der Waals surface area (Å²) >= 11 is 6.90. The number of nitrogens with two attached hydrogens (primary N) is 2. The molecule has 0 heterocycles. The van der Waals surface area contributed by atoms with Gasteiger partial charge in [0.25, 0.3) is 0 Å². The van der Waals surface area contributed by atoms with Crippen LogP contribution in [0.4, 0.5) is 0 Å². The van der Waals surface area contributed by atoms with Crippen molar-refractivity contribution in [2.24, 2.45) is 17.4 Å². The van der Waals surface area contributed by atoms with Crippen molar-refractivity contribution in [3.8, 4) is 0 Å². The first-order valence-corrected chi connectivity index (χ1v) is 6.97. The minimum absolute atomic E-state index is 0.101. The van der Waals surface area contributed by atoms with Crippen LogP contribution >= 0.6 is 31.9 Å². The van der Waals surface area contributed by atoms with Crippen molar-refractivity contribution in [3.05, 3.63) is 32.7 Å². The summed E-state index contributed by atoms with van der Waals surface area (Å²) in [6.07, 6.45) is 1.11. The van der Waals surface area contributed by atoms with E-state index in [4.69, 9.17) is 11.5 Å². The molecule has 17 heavy (non-hydrogen) atoms. The lowest BCUT2D eigenvalue weighted by molar-refractivity contribution is -0.118. The van der Waals surface area contributed by atoms with Gasteiger partial charge in [-0.25, -0.2) is 0 Å². The molecular formula is C12H16Br2N2O. The summed E-state index contributed by atoms with van der Waals surface area (Å²) in [5.74, 6) is -0.0913. The van der Waals surface area contributed by atoms with Gasteiger partial charge in [0.1, 0.15) is 0 Å². The van der Waals surface area contributed by atoms with E-state index < -0.39 is 0 Å². The Morgan fingerprint density at radius 2 is 2.06 bits per heavy atom. The average Bonchev–Trinajstić information content (AvgIpc) is 2.20. The SMILES string of the molecule is CC(CC(N)=O)CC(N)c1cc(Br)ccc1Br. The fourth-order valence-electron chi connectivity index (χ4n) is 1.79. The van der Waals surface area contributed by atoms with Gasteiger partial charge in [0.2, 0.25) is 5.91 Å². The summed E-state index contributed by atoms with van der Waals surface area (Å²) in [4.78, 5) is 10.8. The van der Waals surface area contributed by atoms with Gasteiger partial charge in [-0.05, 0) is 36.1 Å². The van der Waals surface area contributed by atoms with Crippen molar-refractivity contribution in [1.82, 2.24) is 0 Å². The second kappa shape index (κ2) is 6.52. The highest BCUT2D eigenvalue weighted by molar-refractivity contribution is 9.11. The molecule has 0 aliphatic carbocycles. The third-order valence-corrected chi connectivity index (χ3v) is 3.78. The van der Waals surface area contributed by atoms with Gasteiger partial charge in [0.05, 0.1) is 0 Å². The van der Waals surface area contributed by atoms with Crippen molar-refractivity contribution in [2.45, 2.75) is 25.8 Å². The maximum absolute atomic E-state index is 10.8. The Kier molecular flexibility index (Phi) is 5.62. The zero-order valence-electron chi connectivity index (χ0n) is 9.62. The largest absolute Gasteiger partial charge is 0.370 e. The van der Waals surface area contributed by atoms with Gasteiger partial charge in [-0.15, -0.1) is 0 Å². The van der Waals surface area contributed by atoms with Gasteiger partial charge in [-0.3, -0.25) is 4.79 Å². The predicted octanol–water partition coefficient (Wildman–Crippen LogP) is 3.11. The smallest absolute Gasteiger partial charge is 0.217 e. The summed E-state index contributed by atoms with van der Waals surface area (Å²) in [7, 11) is 0. The molecule has 5 heteroatoms. The molecule has 1 rings (SSSR count). The highest BCUT2D eigenvalue weighted by Gasteiger charge is 2.15. The minimum Gasteiger partial charge on any atom is -0.370 e. The van der Waals surface area contributed by atoms with E-state index >= 15 is 0 Å². The van der Waals surface area contributed by atoms with Crippen LogP contribution in [0.1, 0.15) is 31.4 Å². The molecule has 0 aromatic heterocycles. The van der Waals surface area contributed by atoms with E-state index in [0.717, 1.165) is 20.9 Å². The van der Waals surface area contributed by atoms with Crippen molar-refractivity contribution < 1.29 is 4.79 Å². The Bertz CT molecular complexity index is 409. The molecule has 0 aliphatic rings. The molecule has 0 saturated heterocycles. The quantitative estimate of drug-likeness (QED) is 0.843. The van der Waals surface area contributed by atoms with E-state index in [1.165, 1.54) is 0 Å². The summed E-state index contributed by atoms with van der Waals surface area (Å²) in [6.45, 7) is 1.98. The Labute approximate surface area is 118 Å². The second-order valence-corrected chi connectivity index (χ2v) is 6.05. The van der Waals surface area contributed by atoms with Crippen LogP contribution < -0.4 is 11.5 Å². The second-order valence-electron chi connectivity index (χ2n) is 4.28. The summed E-state index contributed by atoms with van der Waals surface area (Å²) in [5.41, 5.74) is 12.3. The number of amides is 1. The number of benzene rings is 1. The van der Waals surface area contributed by atoms with E-state index in [9.17, 15) is 4.79 Å². The first kappa shape index (κ1) is 14.7. The highest BCUT2D eigenvalue weighted by Crippen LogP contribution is 2.29. The zero-order valence-corrected chi connectivity index (χ0v) is 12.8. The van der Waals surface area contributed by atoms with Gasteiger partial charge >= 0.3 is 0 Å². The lowest BCUT2D eigenvalue weighted by Gasteiger charge is -2.18. The number of carbonyl (C=O) groups is 1. The fraction of sp³-hybridized carbons (Fsp3) is 0.417. The van der Waals surface area contributed by atoms with E-state index in [1.807, 2.05) is 25.1 Å². The molecule has 1 aromatic carbocycles. The number of rotatable bonds is 5. The molecule has 1 amide bonds. The van der Waals surface area contributed by atoms with E-state index in [2.05, 4.69) is 31.9 Å². The predicted molar refractivity (Wildman–Crippen MR) is 76.4 cm³/mol. The van der Waals surface area contributed by atoms with E-state index in [1.54, 1.807) is 0 Å². The van der Waals surface area contributed by atoms with Crippen LogP contribution in [0.5, 0.6) is 0 Å². The summed E-state index contributed by atoms with van der Waals surface area (Å²) in [6, 6.07) is 5.80. The Hall–Kier alpha value is -0.390. The fourth-order valence-corrected chi connectivity index (χ4v) is 2.71. The van der Waals surface area contributed by atoms with Crippen LogP contribution in [0.25, 0.3) is 0 Å². The van der Waals surface area contributed by atoms with Crippen molar-refractivity contribution in [1.29, 1.82) is 0 Å². The van der Waals surface area contributed by atoms with Crippen LogP contribution in [0.15, 0.2) is 27.1 Å². The number of halogens is 2. The standard InChI is InChI=1S/C12H16Br2N2O/c1-7(5-12(16)17)4-11(15)9-6-8(13)2-3-10(9)14/h2-3,6-7,11H,4-5,15H2,1H3,(H2,16,17). The average molecular weight is 364 g/mol. The van der Waals surface area contributed by atoms with Crippen LogP contribution in [-0.4, -0.2) is 5.91 Å². The van der Waals surface area contributed by atoms with Gasteiger partial charge in [0.15, 0.2) is 0 Å². The zero-order chi connectivity index (χ0) is 13.0. The molecule has 4 N–H and O–H groups in total. The highest BCUT2D eigenvalue weighted by atomic mass is 79.9. The Balaban J connectivity index is 2.72. The first-order chi connectivity index (χ1) is 7.90. The topological polar surface area (TPSA) is 69.1 Å². The minimum atomic E-state index is -0.280. The molecular weight excluding hydrogens is 348 g/mol. The number of primary amides is 1.